The first-order chi connectivity index (χ1) is 12.8. The molecule has 4 aromatic rings. The van der Waals surface area contributed by atoms with Gasteiger partial charge in [-0.15, -0.1) is 0 Å². The predicted molar refractivity (Wildman–Crippen MR) is 103 cm³/mol. The maximum Gasteiger partial charge on any atom is 0.319 e. The largest absolute Gasteiger partial charge is 0.334 e. The van der Waals surface area contributed by atoms with E-state index in [1.165, 1.54) is 0 Å². The number of fused-ring (bicyclic) bond motifs is 1. The zero-order chi connectivity index (χ0) is 17.8. The summed E-state index contributed by atoms with van der Waals surface area (Å²) in [5.41, 5.74) is 2.78. The summed E-state index contributed by atoms with van der Waals surface area (Å²) in [5.74, 6) is 0. The molecule has 0 saturated heterocycles. The van der Waals surface area contributed by atoms with Crippen molar-refractivity contribution in [2.24, 2.45) is 0 Å². The van der Waals surface area contributed by atoms with Gasteiger partial charge in [0.05, 0.1) is 12.0 Å². The SMILES string of the molecule is O=C(NCc1ccccc1-n1ccnc1)Nc1ccc2ccccc2c1. The van der Waals surface area contributed by atoms with Gasteiger partial charge in [-0.1, -0.05) is 48.5 Å². The van der Waals surface area contributed by atoms with Crippen LogP contribution in [0.5, 0.6) is 0 Å². The zero-order valence-electron chi connectivity index (χ0n) is 14.1. The van der Waals surface area contributed by atoms with Gasteiger partial charge in [-0.25, -0.2) is 9.78 Å². The average Bonchev–Trinajstić information content (AvgIpc) is 3.21. The summed E-state index contributed by atoms with van der Waals surface area (Å²) in [6.45, 7) is 0.424. The van der Waals surface area contributed by atoms with Gasteiger partial charge in [0.2, 0.25) is 0 Å². The number of para-hydroxylation sites is 1. The van der Waals surface area contributed by atoms with Crippen LogP contribution >= 0.6 is 0 Å². The number of amides is 2. The van der Waals surface area contributed by atoms with E-state index in [0.717, 1.165) is 27.7 Å². The summed E-state index contributed by atoms with van der Waals surface area (Å²) in [7, 11) is 0. The molecule has 3 aromatic carbocycles. The quantitative estimate of drug-likeness (QED) is 0.579. The Bertz CT molecular complexity index is 1040. The number of imidazole rings is 1. The molecule has 0 radical (unpaired) electrons. The summed E-state index contributed by atoms with van der Waals surface area (Å²) in [6, 6.07) is 21.6. The second-order valence-electron chi connectivity index (χ2n) is 5.97. The van der Waals surface area contributed by atoms with Gasteiger partial charge in [0, 0.05) is 24.6 Å². The molecule has 5 heteroatoms. The third-order valence-electron chi connectivity index (χ3n) is 4.22. The lowest BCUT2D eigenvalue weighted by Gasteiger charge is -2.12. The van der Waals surface area contributed by atoms with Crippen molar-refractivity contribution in [3.63, 3.8) is 0 Å². The van der Waals surface area contributed by atoms with Crippen molar-refractivity contribution < 1.29 is 4.79 Å². The lowest BCUT2D eigenvalue weighted by Crippen LogP contribution is -2.28. The highest BCUT2D eigenvalue weighted by Crippen LogP contribution is 2.19. The topological polar surface area (TPSA) is 59.0 Å². The van der Waals surface area contributed by atoms with Gasteiger partial charge in [0.1, 0.15) is 0 Å². The van der Waals surface area contributed by atoms with Gasteiger partial charge in [0.15, 0.2) is 0 Å². The molecule has 5 nitrogen and oxygen atoms in total. The molecule has 2 N–H and O–H groups in total. The molecule has 0 aliphatic rings. The molecule has 1 heterocycles. The molecule has 0 aliphatic carbocycles. The Hall–Kier alpha value is -3.60. The van der Waals surface area contributed by atoms with Gasteiger partial charge < -0.3 is 15.2 Å². The Morgan fingerprint density at radius 2 is 1.77 bits per heavy atom. The van der Waals surface area contributed by atoms with Gasteiger partial charge in [-0.05, 0) is 34.5 Å². The van der Waals surface area contributed by atoms with Gasteiger partial charge in [-0.2, -0.15) is 0 Å². The maximum atomic E-state index is 12.3. The highest BCUT2D eigenvalue weighted by molar-refractivity contribution is 5.93. The highest BCUT2D eigenvalue weighted by Gasteiger charge is 2.06. The molecule has 0 saturated carbocycles. The minimum Gasteiger partial charge on any atom is -0.334 e. The first-order valence-electron chi connectivity index (χ1n) is 8.39. The van der Waals surface area contributed by atoms with E-state index >= 15 is 0 Å². The van der Waals surface area contributed by atoms with E-state index < -0.39 is 0 Å². The highest BCUT2D eigenvalue weighted by atomic mass is 16.2. The van der Waals surface area contributed by atoms with E-state index in [1.807, 2.05) is 77.5 Å². The molecule has 0 fully saturated rings. The molecule has 0 atom stereocenters. The molecule has 2 amide bonds. The normalized spacial score (nSPS) is 10.6. The maximum absolute atomic E-state index is 12.3. The Morgan fingerprint density at radius 3 is 2.62 bits per heavy atom. The van der Waals surface area contributed by atoms with Crippen molar-refractivity contribution >= 4 is 22.5 Å². The molecule has 0 bridgehead atoms. The summed E-state index contributed by atoms with van der Waals surface area (Å²) < 4.78 is 1.93. The molecule has 4 rings (SSSR count). The van der Waals surface area contributed by atoms with Crippen molar-refractivity contribution in [1.82, 2.24) is 14.9 Å². The lowest BCUT2D eigenvalue weighted by molar-refractivity contribution is 0.251. The second-order valence-corrected chi connectivity index (χ2v) is 5.97. The third kappa shape index (κ3) is 3.42. The van der Waals surface area contributed by atoms with Gasteiger partial charge in [-0.3, -0.25) is 0 Å². The monoisotopic (exact) mass is 342 g/mol. The zero-order valence-corrected chi connectivity index (χ0v) is 14.1. The number of anilines is 1. The average molecular weight is 342 g/mol. The number of carbonyl (C=O) groups excluding carboxylic acids is 1. The van der Waals surface area contributed by atoms with E-state index in [-0.39, 0.29) is 6.03 Å². The molecule has 0 spiro atoms. The van der Waals surface area contributed by atoms with E-state index in [9.17, 15) is 4.79 Å². The fourth-order valence-electron chi connectivity index (χ4n) is 2.93. The summed E-state index contributed by atoms with van der Waals surface area (Å²) in [6.07, 6.45) is 5.36. The van der Waals surface area contributed by atoms with E-state index in [0.29, 0.717) is 6.54 Å². The molecule has 1 aromatic heterocycles. The molecular weight excluding hydrogens is 324 g/mol. The summed E-state index contributed by atoms with van der Waals surface area (Å²) in [5, 5.41) is 8.04. The first kappa shape index (κ1) is 15.9. The van der Waals surface area contributed by atoms with Crippen LogP contribution in [0.1, 0.15) is 5.56 Å². The van der Waals surface area contributed by atoms with Gasteiger partial charge in [0.25, 0.3) is 0 Å². The van der Waals surface area contributed by atoms with Crippen molar-refractivity contribution in [3.05, 3.63) is 91.0 Å². The van der Waals surface area contributed by atoms with Crippen molar-refractivity contribution in [2.75, 3.05) is 5.32 Å². The van der Waals surface area contributed by atoms with Crippen molar-refractivity contribution in [3.8, 4) is 5.69 Å². The van der Waals surface area contributed by atoms with Crippen molar-refractivity contribution in [2.45, 2.75) is 6.54 Å². The fraction of sp³-hybridized carbons (Fsp3) is 0.0476. The predicted octanol–water partition coefficient (Wildman–Crippen LogP) is 4.35. The standard InChI is InChI=1S/C21H18N4O/c26-21(24-19-10-9-16-5-1-2-6-17(16)13-19)23-14-18-7-3-4-8-20(18)25-12-11-22-15-25/h1-13,15H,14H2,(H2,23,24,26). The number of hydrogen-bond donors (Lipinski definition) is 2. The second kappa shape index (κ2) is 7.11. The number of rotatable bonds is 4. The van der Waals surface area contributed by atoms with Crippen molar-refractivity contribution in [1.29, 1.82) is 0 Å². The number of carbonyl (C=O) groups is 1. The number of aromatic nitrogens is 2. The number of benzene rings is 3. The Balaban J connectivity index is 1.44. The molecule has 128 valence electrons. The Labute approximate surface area is 151 Å². The van der Waals surface area contributed by atoms with E-state index in [1.54, 1.807) is 12.5 Å². The van der Waals surface area contributed by atoms with Crippen LogP contribution in [-0.2, 0) is 6.54 Å². The lowest BCUT2D eigenvalue weighted by atomic mass is 10.1. The van der Waals surface area contributed by atoms with Crippen LogP contribution in [0.25, 0.3) is 16.5 Å². The molecule has 26 heavy (non-hydrogen) atoms. The Kier molecular flexibility index (Phi) is 4.35. The number of nitrogens with one attached hydrogen (secondary N) is 2. The summed E-state index contributed by atoms with van der Waals surface area (Å²) in [4.78, 5) is 16.4. The van der Waals surface area contributed by atoms with E-state index in [2.05, 4.69) is 15.6 Å². The number of nitrogens with zero attached hydrogens (tertiary/aromatic N) is 2. The van der Waals surface area contributed by atoms with Crippen LogP contribution in [0.15, 0.2) is 85.5 Å². The van der Waals surface area contributed by atoms with Crippen LogP contribution in [0.3, 0.4) is 0 Å². The Morgan fingerprint density at radius 1 is 0.962 bits per heavy atom. The molecule has 0 aliphatic heterocycles. The third-order valence-corrected chi connectivity index (χ3v) is 4.22. The molecule has 0 unspecified atom stereocenters. The smallest absolute Gasteiger partial charge is 0.319 e. The number of urea groups is 1. The van der Waals surface area contributed by atoms with Crippen LogP contribution in [-0.4, -0.2) is 15.6 Å². The number of hydrogen-bond acceptors (Lipinski definition) is 2. The van der Waals surface area contributed by atoms with Crippen LogP contribution < -0.4 is 10.6 Å². The molecular formula is C21H18N4O. The minimum absolute atomic E-state index is 0.235. The van der Waals surface area contributed by atoms with Crippen LogP contribution in [0.2, 0.25) is 0 Å². The first-order valence-corrected chi connectivity index (χ1v) is 8.39. The van der Waals surface area contributed by atoms with E-state index in [4.69, 9.17) is 0 Å². The van der Waals surface area contributed by atoms with Crippen LogP contribution in [0.4, 0.5) is 10.5 Å². The minimum atomic E-state index is -0.235. The van der Waals surface area contributed by atoms with Gasteiger partial charge >= 0.3 is 6.03 Å². The summed E-state index contributed by atoms with van der Waals surface area (Å²) >= 11 is 0. The fourth-order valence-corrected chi connectivity index (χ4v) is 2.93. The van der Waals surface area contributed by atoms with Crippen LogP contribution in [0, 0.1) is 0 Å².